The molecule has 0 spiro atoms. The average molecular weight is 426 g/mol. The fraction of sp³-hybridized carbons (Fsp3) is 0.238. The molecular formula is C21H20F2N6O2. The number of likely N-dealkylation sites (N-methyl/N-ethyl adjacent to an activating group) is 1. The Morgan fingerprint density at radius 3 is 2.65 bits per heavy atom. The van der Waals surface area contributed by atoms with E-state index >= 15 is 0 Å². The molecule has 1 aliphatic heterocycles. The lowest BCUT2D eigenvalue weighted by molar-refractivity contribution is -0.120. The number of pyridine rings is 1. The number of hydrogen-bond acceptors (Lipinski definition) is 5. The molecule has 0 saturated heterocycles. The third kappa shape index (κ3) is 3.77. The Hall–Kier alpha value is -3.66. The zero-order valence-corrected chi connectivity index (χ0v) is 16.7. The van der Waals surface area contributed by atoms with Gasteiger partial charge in [0.1, 0.15) is 6.33 Å². The van der Waals surface area contributed by atoms with Crippen molar-refractivity contribution in [2.45, 2.75) is 18.9 Å². The molecule has 4 rings (SSSR count). The van der Waals surface area contributed by atoms with Crippen molar-refractivity contribution < 1.29 is 13.6 Å². The van der Waals surface area contributed by atoms with Gasteiger partial charge in [-0.25, -0.2) is 14.0 Å². The summed E-state index contributed by atoms with van der Waals surface area (Å²) in [4.78, 5) is 31.4. The molecule has 0 fully saturated rings. The van der Waals surface area contributed by atoms with Gasteiger partial charge in [0, 0.05) is 24.9 Å². The van der Waals surface area contributed by atoms with Crippen molar-refractivity contribution in [3.05, 3.63) is 82.3 Å². The molecule has 10 heteroatoms. The Morgan fingerprint density at radius 2 is 1.97 bits per heavy atom. The van der Waals surface area contributed by atoms with Gasteiger partial charge in [-0.3, -0.25) is 9.78 Å². The van der Waals surface area contributed by atoms with Crippen molar-refractivity contribution in [3.63, 3.8) is 0 Å². The summed E-state index contributed by atoms with van der Waals surface area (Å²) < 4.78 is 27.8. The lowest BCUT2D eigenvalue weighted by Crippen LogP contribution is -2.37. The van der Waals surface area contributed by atoms with E-state index in [4.69, 9.17) is 5.73 Å². The normalized spacial score (nSPS) is 15.7. The van der Waals surface area contributed by atoms with Gasteiger partial charge in [0.2, 0.25) is 5.91 Å². The molecule has 0 saturated carbocycles. The van der Waals surface area contributed by atoms with Gasteiger partial charge >= 0.3 is 5.69 Å². The highest BCUT2D eigenvalue weighted by Gasteiger charge is 2.32. The maximum Gasteiger partial charge on any atom is 0.350 e. The Bertz CT molecular complexity index is 1210. The number of nitrogens with two attached hydrogens (primary N) is 1. The van der Waals surface area contributed by atoms with E-state index in [1.54, 1.807) is 24.1 Å². The lowest BCUT2D eigenvalue weighted by Gasteiger charge is -2.31. The number of aromatic nitrogens is 4. The zero-order chi connectivity index (χ0) is 22.1. The molecule has 1 amide bonds. The number of carbonyl (C=O) groups excluding carboxylic acids is 1. The van der Waals surface area contributed by atoms with Crippen molar-refractivity contribution in [1.82, 2.24) is 19.3 Å². The van der Waals surface area contributed by atoms with E-state index in [-0.39, 0.29) is 18.0 Å². The average Bonchev–Trinajstić information content (AvgIpc) is 3.14. The van der Waals surface area contributed by atoms with Gasteiger partial charge in [0.15, 0.2) is 0 Å². The summed E-state index contributed by atoms with van der Waals surface area (Å²) in [5.74, 6) is -0.489. The van der Waals surface area contributed by atoms with Crippen LogP contribution in [0, 0.1) is 0 Å². The van der Waals surface area contributed by atoms with Crippen LogP contribution in [0.15, 0.2) is 65.4 Å². The first-order chi connectivity index (χ1) is 14.9. The second-order valence-corrected chi connectivity index (χ2v) is 7.23. The van der Waals surface area contributed by atoms with Crippen LogP contribution >= 0.6 is 0 Å². The van der Waals surface area contributed by atoms with Crippen LogP contribution in [0.2, 0.25) is 0 Å². The summed E-state index contributed by atoms with van der Waals surface area (Å²) in [6, 6.07) is 11.1. The first kappa shape index (κ1) is 20.6. The summed E-state index contributed by atoms with van der Waals surface area (Å²) in [6.45, 7) is -0.761. The SMILES string of the molecule is CN1C(=O)C(c2ccc(-n3cnn(CC(CN)=C(F)F)c3=O)cn2)Cc2ccccc21. The third-order valence-electron chi connectivity index (χ3n) is 5.40. The largest absolute Gasteiger partial charge is 0.350 e. The van der Waals surface area contributed by atoms with Gasteiger partial charge in [0.05, 0.1) is 30.0 Å². The molecule has 8 nitrogen and oxygen atoms in total. The molecular weight excluding hydrogens is 406 g/mol. The molecule has 160 valence electrons. The first-order valence-corrected chi connectivity index (χ1v) is 9.60. The number of fused-ring (bicyclic) bond motifs is 1. The number of halogens is 2. The summed E-state index contributed by atoms with van der Waals surface area (Å²) in [5, 5.41) is 3.88. The van der Waals surface area contributed by atoms with E-state index in [1.807, 2.05) is 24.3 Å². The van der Waals surface area contributed by atoms with E-state index < -0.39 is 24.2 Å². The van der Waals surface area contributed by atoms with Gasteiger partial charge in [-0.05, 0) is 30.2 Å². The molecule has 2 N–H and O–H groups in total. The predicted octanol–water partition coefficient (Wildman–Crippen LogP) is 1.84. The van der Waals surface area contributed by atoms with Crippen LogP contribution in [-0.4, -0.2) is 38.8 Å². The Morgan fingerprint density at radius 1 is 1.19 bits per heavy atom. The molecule has 3 aromatic rings. The number of anilines is 1. The topological polar surface area (TPSA) is 99.0 Å². The van der Waals surface area contributed by atoms with Crippen LogP contribution in [0.3, 0.4) is 0 Å². The summed E-state index contributed by atoms with van der Waals surface area (Å²) in [6.07, 6.45) is 1.32. The summed E-state index contributed by atoms with van der Waals surface area (Å²) in [5.41, 5.74) is 7.29. The minimum atomic E-state index is -1.92. The van der Waals surface area contributed by atoms with Crippen LogP contribution in [0.5, 0.6) is 0 Å². The summed E-state index contributed by atoms with van der Waals surface area (Å²) >= 11 is 0. The van der Waals surface area contributed by atoms with Crippen molar-refractivity contribution in [3.8, 4) is 5.69 Å². The van der Waals surface area contributed by atoms with Gasteiger partial charge in [-0.1, -0.05) is 18.2 Å². The highest BCUT2D eigenvalue weighted by Crippen LogP contribution is 2.33. The van der Waals surface area contributed by atoms with Crippen LogP contribution in [0.1, 0.15) is 17.2 Å². The number of amides is 1. The highest BCUT2D eigenvalue weighted by molar-refractivity contribution is 6.00. The second kappa shape index (κ2) is 8.23. The molecule has 0 aliphatic carbocycles. The van der Waals surface area contributed by atoms with Crippen LogP contribution in [-0.2, 0) is 17.8 Å². The van der Waals surface area contributed by atoms with Gasteiger partial charge < -0.3 is 10.6 Å². The Balaban J connectivity index is 1.59. The van der Waals surface area contributed by atoms with Crippen molar-refractivity contribution in [2.24, 2.45) is 5.73 Å². The standard InChI is InChI=1S/C21H20F2N6O2/c1-27-18-5-3-2-4-13(18)8-16(20(27)30)17-7-6-15(10-25-17)28-12-26-29(21(28)31)11-14(9-24)19(22)23/h2-7,10,12,16H,8-9,11,24H2,1H3. The van der Waals surface area contributed by atoms with Crippen LogP contribution < -0.4 is 16.3 Å². The molecule has 1 aromatic carbocycles. The fourth-order valence-corrected chi connectivity index (χ4v) is 3.65. The number of nitrogens with zero attached hydrogens (tertiary/aromatic N) is 5. The Labute approximate surface area is 176 Å². The molecule has 1 atom stereocenters. The van der Waals surface area contributed by atoms with Gasteiger partial charge in [-0.15, -0.1) is 0 Å². The zero-order valence-electron chi connectivity index (χ0n) is 16.7. The molecule has 0 radical (unpaired) electrons. The third-order valence-corrected chi connectivity index (χ3v) is 5.40. The molecule has 3 heterocycles. The van der Waals surface area contributed by atoms with E-state index in [0.717, 1.165) is 15.9 Å². The number of para-hydroxylation sites is 1. The molecule has 31 heavy (non-hydrogen) atoms. The predicted molar refractivity (Wildman–Crippen MR) is 110 cm³/mol. The van der Waals surface area contributed by atoms with E-state index in [9.17, 15) is 18.4 Å². The maximum absolute atomic E-state index is 12.8. The van der Waals surface area contributed by atoms with Crippen molar-refractivity contribution >= 4 is 11.6 Å². The molecule has 0 bridgehead atoms. The highest BCUT2D eigenvalue weighted by atomic mass is 19.3. The molecule has 2 aromatic heterocycles. The number of carbonyl (C=O) groups is 1. The second-order valence-electron chi connectivity index (χ2n) is 7.23. The quantitative estimate of drug-likeness (QED) is 0.671. The number of hydrogen-bond donors (Lipinski definition) is 1. The fourth-order valence-electron chi connectivity index (χ4n) is 3.65. The minimum Gasteiger partial charge on any atom is -0.327 e. The van der Waals surface area contributed by atoms with Crippen molar-refractivity contribution in [1.29, 1.82) is 0 Å². The minimum absolute atomic E-state index is 0.0571. The van der Waals surface area contributed by atoms with Crippen LogP contribution in [0.4, 0.5) is 14.5 Å². The van der Waals surface area contributed by atoms with Crippen LogP contribution in [0.25, 0.3) is 5.69 Å². The molecule has 1 aliphatic rings. The number of benzene rings is 1. The Kier molecular flexibility index (Phi) is 5.47. The van der Waals surface area contributed by atoms with Crippen molar-refractivity contribution in [2.75, 3.05) is 18.5 Å². The van der Waals surface area contributed by atoms with Gasteiger partial charge in [-0.2, -0.15) is 13.9 Å². The smallest absolute Gasteiger partial charge is 0.327 e. The lowest BCUT2D eigenvalue weighted by atomic mass is 9.89. The van der Waals surface area contributed by atoms with E-state index in [0.29, 0.717) is 17.8 Å². The monoisotopic (exact) mass is 426 g/mol. The maximum atomic E-state index is 12.8. The summed E-state index contributed by atoms with van der Waals surface area (Å²) in [7, 11) is 1.74. The first-order valence-electron chi connectivity index (χ1n) is 9.60. The van der Waals surface area contributed by atoms with Gasteiger partial charge in [0.25, 0.3) is 6.08 Å². The molecule has 1 unspecified atom stereocenters. The van der Waals surface area contributed by atoms with E-state index in [1.165, 1.54) is 17.1 Å². The van der Waals surface area contributed by atoms with E-state index in [2.05, 4.69) is 10.1 Å². The number of rotatable bonds is 5.